The maximum absolute atomic E-state index is 4.15. The lowest BCUT2D eigenvalue weighted by molar-refractivity contribution is 1.08. The zero-order valence-electron chi connectivity index (χ0n) is 11.0. The molecule has 0 saturated heterocycles. The first kappa shape index (κ1) is 12.8. The van der Waals surface area contributed by atoms with E-state index in [1.807, 2.05) is 36.4 Å². The average Bonchev–Trinajstić information content (AvgIpc) is 3.01. The average molecular weight is 277 g/mol. The lowest BCUT2D eigenvalue weighted by Gasteiger charge is -1.88. The van der Waals surface area contributed by atoms with Crippen LogP contribution in [-0.2, 0) is 0 Å². The Labute approximate surface area is 120 Å². The molecule has 3 aromatic rings. The Balaban J connectivity index is 1.69. The van der Waals surface area contributed by atoms with E-state index in [4.69, 9.17) is 0 Å². The first-order chi connectivity index (χ1) is 10.4. The molecule has 3 aromatic heterocycles. The van der Waals surface area contributed by atoms with Gasteiger partial charge in [0.2, 0.25) is 5.95 Å². The van der Waals surface area contributed by atoms with E-state index < -0.39 is 0 Å². The Morgan fingerprint density at radius 2 is 1.52 bits per heavy atom. The number of H-pyrrole nitrogens is 1. The number of rotatable bonds is 4. The first-order valence-electron chi connectivity index (χ1n) is 6.23. The van der Waals surface area contributed by atoms with Crippen molar-refractivity contribution < 1.29 is 0 Å². The summed E-state index contributed by atoms with van der Waals surface area (Å²) in [5.74, 6) is 0.669. The zero-order valence-corrected chi connectivity index (χ0v) is 11.0. The molecule has 1 N–H and O–H groups in total. The van der Waals surface area contributed by atoms with E-state index in [9.17, 15) is 0 Å². The van der Waals surface area contributed by atoms with Crippen LogP contribution in [0.25, 0.3) is 0 Å². The summed E-state index contributed by atoms with van der Waals surface area (Å²) in [5, 5.41) is 6.64. The molecule has 0 aliphatic heterocycles. The van der Waals surface area contributed by atoms with Crippen molar-refractivity contribution in [1.29, 1.82) is 0 Å². The minimum atomic E-state index is 0.300. The maximum Gasteiger partial charge on any atom is 0.269 e. The lowest BCUT2D eigenvalue weighted by Crippen LogP contribution is -1.84. The Hall–Kier alpha value is -3.22. The molecule has 0 aromatic carbocycles. The third kappa shape index (κ3) is 3.63. The van der Waals surface area contributed by atoms with Gasteiger partial charge < -0.3 is 0 Å². The van der Waals surface area contributed by atoms with Gasteiger partial charge in [-0.05, 0) is 24.3 Å². The number of aromatic amines is 1. The van der Waals surface area contributed by atoms with Crippen LogP contribution in [0.3, 0.4) is 0 Å². The van der Waals surface area contributed by atoms with Crippen molar-refractivity contribution >= 4 is 24.3 Å². The van der Waals surface area contributed by atoms with Crippen LogP contribution < -0.4 is 0 Å². The second kappa shape index (κ2) is 6.29. The maximum atomic E-state index is 4.15. The topological polar surface area (TPSA) is 92.1 Å². The summed E-state index contributed by atoms with van der Waals surface area (Å²) < 4.78 is 0. The third-order valence-corrected chi connectivity index (χ3v) is 2.47. The van der Waals surface area contributed by atoms with Crippen LogP contribution in [0.5, 0.6) is 0 Å². The molecule has 0 atom stereocenters. The quantitative estimate of drug-likeness (QED) is 0.739. The van der Waals surface area contributed by atoms with Gasteiger partial charge in [-0.2, -0.15) is 4.98 Å². The van der Waals surface area contributed by atoms with E-state index in [0.29, 0.717) is 11.9 Å². The van der Waals surface area contributed by atoms with Gasteiger partial charge in [0.15, 0.2) is 0 Å². The fourth-order valence-corrected chi connectivity index (χ4v) is 1.52. The van der Waals surface area contributed by atoms with Gasteiger partial charge in [-0.1, -0.05) is 12.1 Å². The van der Waals surface area contributed by atoms with Crippen molar-refractivity contribution in [1.82, 2.24) is 25.1 Å². The van der Waals surface area contributed by atoms with Gasteiger partial charge in [0, 0.05) is 12.4 Å². The third-order valence-electron chi connectivity index (χ3n) is 2.47. The number of nitrogens with one attached hydrogen (secondary N) is 1. The molecular formula is C14H11N7. The Morgan fingerprint density at radius 1 is 0.857 bits per heavy atom. The molecule has 3 rings (SSSR count). The Morgan fingerprint density at radius 3 is 2.14 bits per heavy atom. The molecule has 0 aliphatic rings. The highest BCUT2D eigenvalue weighted by molar-refractivity contribution is 5.79. The number of aromatic nitrogens is 5. The minimum absolute atomic E-state index is 0.300. The molecule has 7 nitrogen and oxygen atoms in total. The van der Waals surface area contributed by atoms with Crippen LogP contribution >= 0.6 is 0 Å². The van der Waals surface area contributed by atoms with Crippen LogP contribution in [0.15, 0.2) is 58.8 Å². The summed E-state index contributed by atoms with van der Waals surface area (Å²) in [7, 11) is 0. The van der Waals surface area contributed by atoms with Gasteiger partial charge in [0.1, 0.15) is 0 Å². The van der Waals surface area contributed by atoms with Crippen molar-refractivity contribution in [2.45, 2.75) is 0 Å². The summed E-state index contributed by atoms with van der Waals surface area (Å²) in [5.41, 5.74) is 1.48. The molecule has 0 unspecified atom stereocenters. The van der Waals surface area contributed by atoms with Crippen molar-refractivity contribution in [2.24, 2.45) is 9.98 Å². The highest BCUT2D eigenvalue weighted by atomic mass is 15.3. The largest absolute Gasteiger partial charge is 0.269 e. The second-order valence-electron chi connectivity index (χ2n) is 3.98. The van der Waals surface area contributed by atoms with Crippen molar-refractivity contribution in [2.75, 3.05) is 0 Å². The summed E-state index contributed by atoms with van der Waals surface area (Å²) in [6.07, 6.45) is 6.59. The second-order valence-corrected chi connectivity index (χ2v) is 3.98. The van der Waals surface area contributed by atoms with Crippen molar-refractivity contribution in [3.8, 4) is 0 Å². The monoisotopic (exact) mass is 277 g/mol. The first-order valence-corrected chi connectivity index (χ1v) is 6.23. The smallest absolute Gasteiger partial charge is 0.255 e. The summed E-state index contributed by atoms with van der Waals surface area (Å²) in [6.45, 7) is 0. The Bertz CT molecular complexity index is 683. The summed E-state index contributed by atoms with van der Waals surface area (Å²) >= 11 is 0. The standard InChI is InChI=1S/C14H11N7/c1-3-7-15-11(5-1)9-17-13-19-14(21-20-13)18-10-12-6-2-4-8-16-12/h1-10H,(H,19,20,21)/b17-9+,18-10+. The number of pyridine rings is 2. The predicted octanol–water partition coefficient (Wildman–Crippen LogP) is 2.10. The fraction of sp³-hybridized carbons (Fsp3) is 0. The Kier molecular flexibility index (Phi) is 3.83. The van der Waals surface area contributed by atoms with Crippen molar-refractivity contribution in [3.05, 3.63) is 60.2 Å². The lowest BCUT2D eigenvalue weighted by atomic mass is 10.4. The molecular weight excluding hydrogens is 266 g/mol. The highest BCUT2D eigenvalue weighted by Gasteiger charge is 1.98. The van der Waals surface area contributed by atoms with Gasteiger partial charge in [-0.25, -0.2) is 15.1 Å². The van der Waals surface area contributed by atoms with Crippen molar-refractivity contribution in [3.63, 3.8) is 0 Å². The summed E-state index contributed by atoms with van der Waals surface area (Å²) in [4.78, 5) is 20.6. The van der Waals surface area contributed by atoms with Crippen LogP contribution in [0.2, 0.25) is 0 Å². The van der Waals surface area contributed by atoms with E-state index >= 15 is 0 Å². The molecule has 0 saturated carbocycles. The van der Waals surface area contributed by atoms with Crippen LogP contribution in [0.4, 0.5) is 11.9 Å². The number of aliphatic imine (C=N–C) groups is 2. The van der Waals surface area contributed by atoms with E-state index in [0.717, 1.165) is 11.4 Å². The molecule has 7 heteroatoms. The SMILES string of the molecule is C(=N\c1n[nH]c(/N=C/c2ccccn2)n1)/c1ccccn1. The summed E-state index contributed by atoms with van der Waals surface area (Å²) in [6, 6.07) is 11.1. The number of hydrogen-bond donors (Lipinski definition) is 1. The molecule has 102 valence electrons. The zero-order chi connectivity index (χ0) is 14.3. The van der Waals surface area contributed by atoms with E-state index in [-0.39, 0.29) is 0 Å². The molecule has 0 radical (unpaired) electrons. The number of nitrogens with zero attached hydrogens (tertiary/aromatic N) is 6. The normalized spacial score (nSPS) is 11.4. The van der Waals surface area contributed by atoms with Crippen LogP contribution in [0, 0.1) is 0 Å². The highest BCUT2D eigenvalue weighted by Crippen LogP contribution is 2.09. The van der Waals surface area contributed by atoms with Gasteiger partial charge in [0.05, 0.1) is 23.8 Å². The van der Waals surface area contributed by atoms with E-state index in [2.05, 4.69) is 35.1 Å². The van der Waals surface area contributed by atoms with Gasteiger partial charge in [-0.15, -0.1) is 5.10 Å². The molecule has 21 heavy (non-hydrogen) atoms. The molecule has 0 aliphatic carbocycles. The van der Waals surface area contributed by atoms with Crippen LogP contribution in [0.1, 0.15) is 11.4 Å². The molecule has 3 heterocycles. The number of hydrogen-bond acceptors (Lipinski definition) is 6. The molecule has 0 spiro atoms. The van der Waals surface area contributed by atoms with E-state index in [1.54, 1.807) is 24.8 Å². The minimum Gasteiger partial charge on any atom is -0.255 e. The molecule has 0 fully saturated rings. The fourth-order valence-electron chi connectivity index (χ4n) is 1.52. The molecule has 0 bridgehead atoms. The van der Waals surface area contributed by atoms with Gasteiger partial charge >= 0.3 is 0 Å². The van der Waals surface area contributed by atoms with Gasteiger partial charge in [-0.3, -0.25) is 9.97 Å². The predicted molar refractivity (Wildman–Crippen MR) is 79.4 cm³/mol. The van der Waals surface area contributed by atoms with Gasteiger partial charge in [0.25, 0.3) is 5.95 Å². The molecule has 0 amide bonds. The van der Waals surface area contributed by atoms with Crippen LogP contribution in [-0.4, -0.2) is 37.6 Å². The van der Waals surface area contributed by atoms with E-state index in [1.165, 1.54) is 0 Å².